The molecule has 0 aromatic heterocycles. The van der Waals surface area contributed by atoms with Gasteiger partial charge in [-0.15, -0.1) is 0 Å². The minimum absolute atomic E-state index is 0.967. The molecule has 2 aliphatic rings. The average molecular weight is 443 g/mol. The molecule has 0 radical (unpaired) electrons. The summed E-state index contributed by atoms with van der Waals surface area (Å²) in [6.45, 7) is 0. The van der Waals surface area contributed by atoms with Crippen molar-refractivity contribution in [3.8, 4) is 55.6 Å². The summed E-state index contributed by atoms with van der Waals surface area (Å²) in [7, 11) is 0. The summed E-state index contributed by atoms with van der Waals surface area (Å²) in [6, 6.07) is 44.6. The zero-order chi connectivity index (χ0) is 22.9. The third-order valence-electron chi connectivity index (χ3n) is 7.83. The molecule has 0 aliphatic heterocycles. The standard InChI is InChI=1S/C35H22/c1-3-11-23(12-4-1)31-29-21-25-15-7-8-18-26(25)33(29)32(24-13-5-2-6-14-24)35-28-20-10-17-22-16-9-19-27(30(22)28)34(31)35/h1-20H,21H2. The molecule has 8 rings (SSSR count). The normalized spacial score (nSPS) is 12.5. The summed E-state index contributed by atoms with van der Waals surface area (Å²) < 4.78 is 0. The monoisotopic (exact) mass is 442 g/mol. The maximum Gasteiger partial charge on any atom is -0.000683 e. The summed E-state index contributed by atoms with van der Waals surface area (Å²) in [5, 5.41) is 2.70. The van der Waals surface area contributed by atoms with Crippen LogP contribution in [0.1, 0.15) is 11.1 Å². The van der Waals surface area contributed by atoms with Crippen LogP contribution >= 0.6 is 0 Å². The van der Waals surface area contributed by atoms with Crippen molar-refractivity contribution in [3.05, 3.63) is 132 Å². The molecule has 0 heteroatoms. The SMILES string of the molecule is c1ccc(-c2c3c(c(-c4ccccc4)c4c2-c2cccc5cccc-4c25)-c2ccccc2C3)cc1. The van der Waals surface area contributed by atoms with E-state index in [1.807, 2.05) is 0 Å². The predicted octanol–water partition coefficient (Wildman–Crippen LogP) is 9.39. The number of benzene rings is 6. The molecule has 0 fully saturated rings. The van der Waals surface area contributed by atoms with Crippen molar-refractivity contribution in [2.45, 2.75) is 6.42 Å². The van der Waals surface area contributed by atoms with Crippen LogP contribution in [-0.2, 0) is 6.42 Å². The first kappa shape index (κ1) is 18.9. The second-order valence-corrected chi connectivity index (χ2v) is 9.63. The van der Waals surface area contributed by atoms with Crippen LogP contribution in [0, 0.1) is 0 Å². The van der Waals surface area contributed by atoms with Crippen LogP contribution in [0.5, 0.6) is 0 Å². The van der Waals surface area contributed by atoms with Crippen molar-refractivity contribution in [3.63, 3.8) is 0 Å². The smallest absolute Gasteiger partial charge is 0.000683 e. The first-order valence-electron chi connectivity index (χ1n) is 12.3. The van der Waals surface area contributed by atoms with Gasteiger partial charge in [0.15, 0.2) is 0 Å². The van der Waals surface area contributed by atoms with Gasteiger partial charge in [0, 0.05) is 0 Å². The molecule has 0 N–H and O–H groups in total. The highest BCUT2D eigenvalue weighted by atomic mass is 14.4. The maximum atomic E-state index is 2.33. The Kier molecular flexibility index (Phi) is 3.81. The van der Waals surface area contributed by atoms with E-state index in [1.54, 1.807) is 0 Å². The Bertz CT molecular complexity index is 1790. The van der Waals surface area contributed by atoms with Crippen molar-refractivity contribution in [1.82, 2.24) is 0 Å². The lowest BCUT2D eigenvalue weighted by atomic mass is 9.80. The van der Waals surface area contributed by atoms with Crippen molar-refractivity contribution >= 4 is 10.8 Å². The molecule has 35 heavy (non-hydrogen) atoms. The molecule has 6 aromatic rings. The molecule has 162 valence electrons. The van der Waals surface area contributed by atoms with E-state index in [9.17, 15) is 0 Å². The van der Waals surface area contributed by atoms with Gasteiger partial charge in [-0.3, -0.25) is 0 Å². The van der Waals surface area contributed by atoms with E-state index in [0.29, 0.717) is 0 Å². The Morgan fingerprint density at radius 3 is 1.60 bits per heavy atom. The van der Waals surface area contributed by atoms with Crippen LogP contribution in [0.4, 0.5) is 0 Å². The summed E-state index contributed by atoms with van der Waals surface area (Å²) in [4.78, 5) is 0. The fourth-order valence-electron chi connectivity index (χ4n) is 6.50. The van der Waals surface area contributed by atoms with Gasteiger partial charge in [-0.2, -0.15) is 0 Å². The second-order valence-electron chi connectivity index (χ2n) is 9.63. The van der Waals surface area contributed by atoms with E-state index in [1.165, 1.54) is 77.5 Å². The van der Waals surface area contributed by atoms with E-state index in [2.05, 4.69) is 121 Å². The quantitative estimate of drug-likeness (QED) is 0.250. The van der Waals surface area contributed by atoms with Gasteiger partial charge in [-0.05, 0) is 84.0 Å². The lowest BCUT2D eigenvalue weighted by molar-refractivity contribution is 1.26. The molecule has 0 bridgehead atoms. The predicted molar refractivity (Wildman–Crippen MR) is 147 cm³/mol. The van der Waals surface area contributed by atoms with Gasteiger partial charge in [-0.1, -0.05) is 121 Å². The van der Waals surface area contributed by atoms with Gasteiger partial charge >= 0.3 is 0 Å². The molecular formula is C35H22. The summed E-state index contributed by atoms with van der Waals surface area (Å²) in [5.74, 6) is 0. The average Bonchev–Trinajstić information content (AvgIpc) is 3.46. The molecule has 2 aliphatic carbocycles. The minimum Gasteiger partial charge on any atom is -0.0622 e. The van der Waals surface area contributed by atoms with Gasteiger partial charge in [0.25, 0.3) is 0 Å². The Labute approximate surface area is 205 Å². The molecule has 0 atom stereocenters. The molecule has 0 amide bonds. The van der Waals surface area contributed by atoms with Crippen LogP contribution in [-0.4, -0.2) is 0 Å². The van der Waals surface area contributed by atoms with Crippen molar-refractivity contribution in [2.75, 3.05) is 0 Å². The molecule has 0 saturated heterocycles. The number of rotatable bonds is 2. The summed E-state index contributed by atoms with van der Waals surface area (Å²) >= 11 is 0. The molecule has 0 unspecified atom stereocenters. The largest absolute Gasteiger partial charge is 0.0622 e. The van der Waals surface area contributed by atoms with Gasteiger partial charge in [0.05, 0.1) is 0 Å². The Morgan fingerprint density at radius 1 is 0.371 bits per heavy atom. The Morgan fingerprint density at radius 2 is 0.914 bits per heavy atom. The molecule has 0 spiro atoms. The lowest BCUT2D eigenvalue weighted by Crippen LogP contribution is -1.97. The van der Waals surface area contributed by atoms with E-state index in [4.69, 9.17) is 0 Å². The first-order chi connectivity index (χ1) is 17.4. The van der Waals surface area contributed by atoms with Crippen molar-refractivity contribution < 1.29 is 0 Å². The van der Waals surface area contributed by atoms with Gasteiger partial charge < -0.3 is 0 Å². The van der Waals surface area contributed by atoms with Crippen LogP contribution in [0.2, 0.25) is 0 Å². The lowest BCUT2D eigenvalue weighted by Gasteiger charge is -2.22. The van der Waals surface area contributed by atoms with Crippen LogP contribution in [0.3, 0.4) is 0 Å². The maximum absolute atomic E-state index is 2.33. The summed E-state index contributed by atoms with van der Waals surface area (Å²) in [5.41, 5.74) is 16.5. The fourth-order valence-corrected chi connectivity index (χ4v) is 6.50. The minimum atomic E-state index is 0.967. The van der Waals surface area contributed by atoms with Gasteiger partial charge in [0.2, 0.25) is 0 Å². The van der Waals surface area contributed by atoms with Crippen LogP contribution in [0.25, 0.3) is 66.4 Å². The topological polar surface area (TPSA) is 0 Å². The second kappa shape index (κ2) is 7.04. The fraction of sp³-hybridized carbons (Fsp3) is 0.0286. The number of hydrogen-bond acceptors (Lipinski definition) is 0. The van der Waals surface area contributed by atoms with Crippen molar-refractivity contribution in [1.29, 1.82) is 0 Å². The summed E-state index contributed by atoms with van der Waals surface area (Å²) in [6.07, 6.45) is 0.967. The zero-order valence-electron chi connectivity index (χ0n) is 19.3. The van der Waals surface area contributed by atoms with E-state index >= 15 is 0 Å². The van der Waals surface area contributed by atoms with Crippen molar-refractivity contribution in [2.24, 2.45) is 0 Å². The number of fused-ring (bicyclic) bond motifs is 6. The highest BCUT2D eigenvalue weighted by Crippen LogP contribution is 2.60. The first-order valence-corrected chi connectivity index (χ1v) is 12.3. The van der Waals surface area contributed by atoms with Gasteiger partial charge in [-0.25, -0.2) is 0 Å². The molecule has 0 saturated carbocycles. The molecule has 0 nitrogen and oxygen atoms in total. The third kappa shape index (κ3) is 2.52. The van der Waals surface area contributed by atoms with Crippen LogP contribution in [0.15, 0.2) is 121 Å². The molecule has 0 heterocycles. The molecular weight excluding hydrogens is 420 g/mol. The van der Waals surface area contributed by atoms with E-state index in [0.717, 1.165) is 6.42 Å². The third-order valence-corrected chi connectivity index (χ3v) is 7.83. The Hall–Kier alpha value is -4.42. The zero-order valence-corrected chi connectivity index (χ0v) is 19.3. The van der Waals surface area contributed by atoms with Crippen LogP contribution < -0.4 is 0 Å². The highest BCUT2D eigenvalue weighted by Gasteiger charge is 2.35. The van der Waals surface area contributed by atoms with Gasteiger partial charge in [0.1, 0.15) is 0 Å². The Balaban J connectivity index is 1.64. The van der Waals surface area contributed by atoms with E-state index in [-0.39, 0.29) is 0 Å². The van der Waals surface area contributed by atoms with E-state index < -0.39 is 0 Å². The number of hydrogen-bond donors (Lipinski definition) is 0. The molecule has 6 aromatic carbocycles. The highest BCUT2D eigenvalue weighted by molar-refractivity contribution is 6.23.